The Kier molecular flexibility index (Phi) is 5.12. The van der Waals surface area contributed by atoms with E-state index in [-0.39, 0.29) is 6.04 Å². The number of hydrogen-bond donors (Lipinski definition) is 0. The van der Waals surface area contributed by atoms with E-state index in [2.05, 4.69) is 73.5 Å². The maximum atomic E-state index is 5.18. The highest BCUT2D eigenvalue weighted by Gasteiger charge is 2.22. The highest BCUT2D eigenvalue weighted by Crippen LogP contribution is 2.32. The third kappa shape index (κ3) is 3.64. The maximum absolute atomic E-state index is 5.18. The van der Waals surface area contributed by atoms with Gasteiger partial charge in [-0.25, -0.2) is 0 Å². The predicted molar refractivity (Wildman–Crippen MR) is 97.8 cm³/mol. The summed E-state index contributed by atoms with van der Waals surface area (Å²) in [5, 5.41) is 0. The Morgan fingerprint density at radius 1 is 1.00 bits per heavy atom. The van der Waals surface area contributed by atoms with Gasteiger partial charge in [0.15, 0.2) is 0 Å². The van der Waals surface area contributed by atoms with Crippen molar-refractivity contribution in [3.8, 4) is 0 Å². The minimum atomic E-state index is 0.119. The molecule has 0 saturated heterocycles. The molecule has 0 amide bonds. The highest BCUT2D eigenvalue weighted by atomic mass is 15.2. The quantitative estimate of drug-likeness (QED) is 0.693. The van der Waals surface area contributed by atoms with Crippen LogP contribution in [0, 0.1) is 0 Å². The average molecular weight is 306 g/mol. The van der Waals surface area contributed by atoms with Crippen LogP contribution in [0.5, 0.6) is 0 Å². The number of amidine groups is 1. The molecular formula is C21H26N2. The second-order valence-corrected chi connectivity index (χ2v) is 6.37. The number of rotatable bonds is 5. The lowest BCUT2D eigenvalue weighted by Crippen LogP contribution is -2.25. The molecule has 0 fully saturated rings. The van der Waals surface area contributed by atoms with Gasteiger partial charge < -0.3 is 4.90 Å². The molecule has 2 nitrogen and oxygen atoms in total. The van der Waals surface area contributed by atoms with E-state index in [4.69, 9.17) is 4.99 Å². The van der Waals surface area contributed by atoms with Crippen LogP contribution < -0.4 is 0 Å². The summed E-state index contributed by atoms with van der Waals surface area (Å²) < 4.78 is 0. The molecule has 3 rings (SSSR count). The molecule has 0 radical (unpaired) electrons. The summed E-state index contributed by atoms with van der Waals surface area (Å²) in [4.78, 5) is 7.51. The predicted octanol–water partition coefficient (Wildman–Crippen LogP) is 5.20. The second-order valence-electron chi connectivity index (χ2n) is 6.37. The van der Waals surface area contributed by atoms with E-state index in [1.54, 1.807) is 0 Å². The summed E-state index contributed by atoms with van der Waals surface area (Å²) in [6.45, 7) is 3.20. The largest absolute Gasteiger partial charge is 0.359 e. The van der Waals surface area contributed by atoms with Crippen molar-refractivity contribution in [2.75, 3.05) is 7.05 Å². The van der Waals surface area contributed by atoms with Gasteiger partial charge in [0.2, 0.25) is 0 Å². The number of aliphatic imine (C=N–C) groups is 1. The van der Waals surface area contributed by atoms with Crippen molar-refractivity contribution in [3.63, 3.8) is 0 Å². The van der Waals surface area contributed by atoms with Gasteiger partial charge in [-0.2, -0.15) is 0 Å². The summed E-state index contributed by atoms with van der Waals surface area (Å²) in [5.41, 5.74) is 4.01. The van der Waals surface area contributed by atoms with Gasteiger partial charge in [-0.3, -0.25) is 4.99 Å². The number of hydrogen-bond acceptors (Lipinski definition) is 2. The average Bonchev–Trinajstić information content (AvgIpc) is 2.73. The summed E-state index contributed by atoms with van der Waals surface area (Å²) in [6.07, 6.45) is 4.81. The Morgan fingerprint density at radius 2 is 1.74 bits per heavy atom. The fourth-order valence-electron chi connectivity index (χ4n) is 3.29. The fraction of sp³-hybridized carbons (Fsp3) is 0.381. The van der Waals surface area contributed by atoms with Crippen LogP contribution in [-0.2, 0) is 6.54 Å². The SMILES string of the molecule is CCCCCC1=N[C@H](c2ccccc2)c2ccccc2CN1C. The molecule has 2 heteroatoms. The molecular weight excluding hydrogens is 280 g/mol. The first kappa shape index (κ1) is 15.8. The molecule has 0 aliphatic carbocycles. The molecule has 1 atom stereocenters. The van der Waals surface area contributed by atoms with Gasteiger partial charge in [0.25, 0.3) is 0 Å². The molecule has 0 aromatic heterocycles. The molecule has 0 bridgehead atoms. The van der Waals surface area contributed by atoms with Crippen LogP contribution in [0.15, 0.2) is 59.6 Å². The van der Waals surface area contributed by atoms with Gasteiger partial charge >= 0.3 is 0 Å². The molecule has 0 unspecified atom stereocenters. The molecule has 0 saturated carbocycles. The maximum Gasteiger partial charge on any atom is 0.102 e. The summed E-state index contributed by atoms with van der Waals surface area (Å²) in [6, 6.07) is 19.5. The molecule has 23 heavy (non-hydrogen) atoms. The van der Waals surface area contributed by atoms with Gasteiger partial charge in [0.05, 0.1) is 0 Å². The van der Waals surface area contributed by atoms with E-state index in [9.17, 15) is 0 Å². The Hall–Kier alpha value is -2.09. The topological polar surface area (TPSA) is 15.6 Å². The minimum Gasteiger partial charge on any atom is -0.359 e. The monoisotopic (exact) mass is 306 g/mol. The summed E-state index contributed by atoms with van der Waals surface area (Å²) in [7, 11) is 2.18. The number of unbranched alkanes of at least 4 members (excludes halogenated alkanes) is 2. The highest BCUT2D eigenvalue weighted by molar-refractivity contribution is 5.83. The van der Waals surface area contributed by atoms with Crippen molar-refractivity contribution in [2.24, 2.45) is 4.99 Å². The molecule has 1 aliphatic heterocycles. The van der Waals surface area contributed by atoms with E-state index < -0.39 is 0 Å². The first-order valence-corrected chi connectivity index (χ1v) is 8.70. The van der Waals surface area contributed by atoms with Crippen molar-refractivity contribution in [1.29, 1.82) is 0 Å². The Bertz CT molecular complexity index is 661. The van der Waals surface area contributed by atoms with E-state index in [1.807, 2.05) is 0 Å². The van der Waals surface area contributed by atoms with E-state index in [1.165, 1.54) is 41.8 Å². The van der Waals surface area contributed by atoms with Crippen molar-refractivity contribution in [1.82, 2.24) is 4.90 Å². The van der Waals surface area contributed by atoms with Crippen LogP contribution in [-0.4, -0.2) is 17.8 Å². The molecule has 2 aromatic carbocycles. The van der Waals surface area contributed by atoms with Crippen LogP contribution in [0.25, 0.3) is 0 Å². The van der Waals surface area contributed by atoms with E-state index in [0.717, 1.165) is 13.0 Å². The van der Waals surface area contributed by atoms with Crippen molar-refractivity contribution < 1.29 is 0 Å². The van der Waals surface area contributed by atoms with Crippen LogP contribution in [0.2, 0.25) is 0 Å². The van der Waals surface area contributed by atoms with Crippen LogP contribution in [0.4, 0.5) is 0 Å². The summed E-state index contributed by atoms with van der Waals surface area (Å²) in [5.74, 6) is 1.24. The number of benzene rings is 2. The van der Waals surface area contributed by atoms with Gasteiger partial charge in [0, 0.05) is 20.0 Å². The first-order valence-electron chi connectivity index (χ1n) is 8.70. The smallest absolute Gasteiger partial charge is 0.102 e. The molecule has 1 aliphatic rings. The van der Waals surface area contributed by atoms with Gasteiger partial charge in [0.1, 0.15) is 11.9 Å². The Morgan fingerprint density at radius 3 is 2.52 bits per heavy atom. The standard InChI is InChI=1S/C21H26N2/c1-3-4-6-15-20-22-21(17-11-7-5-8-12-17)19-14-10-9-13-18(19)16-23(20)2/h5,7-14,21H,3-4,6,15-16H2,1-2H3/t21-/m1/s1. The van der Waals surface area contributed by atoms with E-state index >= 15 is 0 Å². The molecule has 0 N–H and O–H groups in total. The van der Waals surface area contributed by atoms with Crippen molar-refractivity contribution in [3.05, 3.63) is 71.3 Å². The first-order chi connectivity index (χ1) is 11.3. The lowest BCUT2D eigenvalue weighted by molar-refractivity contribution is 0.486. The molecule has 2 aromatic rings. The van der Waals surface area contributed by atoms with Gasteiger partial charge in [-0.05, 0) is 23.1 Å². The normalized spacial score (nSPS) is 17.4. The van der Waals surface area contributed by atoms with Gasteiger partial charge in [-0.1, -0.05) is 74.4 Å². The lowest BCUT2D eigenvalue weighted by atomic mass is 9.95. The molecule has 1 heterocycles. The Labute approximate surface area is 139 Å². The number of nitrogens with zero attached hydrogens (tertiary/aromatic N) is 2. The summed E-state index contributed by atoms with van der Waals surface area (Å²) >= 11 is 0. The van der Waals surface area contributed by atoms with Crippen molar-refractivity contribution in [2.45, 2.75) is 45.2 Å². The molecule has 120 valence electrons. The van der Waals surface area contributed by atoms with Gasteiger partial charge in [-0.15, -0.1) is 0 Å². The lowest BCUT2D eigenvalue weighted by Gasteiger charge is -2.20. The number of fused-ring (bicyclic) bond motifs is 1. The second kappa shape index (κ2) is 7.45. The minimum absolute atomic E-state index is 0.119. The zero-order valence-corrected chi connectivity index (χ0v) is 14.2. The third-order valence-electron chi connectivity index (χ3n) is 4.60. The van der Waals surface area contributed by atoms with Crippen LogP contribution in [0.1, 0.15) is 55.3 Å². The zero-order chi connectivity index (χ0) is 16.1. The molecule has 0 spiro atoms. The fourth-order valence-corrected chi connectivity index (χ4v) is 3.29. The third-order valence-corrected chi connectivity index (χ3v) is 4.60. The van der Waals surface area contributed by atoms with Crippen LogP contribution >= 0.6 is 0 Å². The van der Waals surface area contributed by atoms with Crippen molar-refractivity contribution >= 4 is 5.84 Å². The Balaban J connectivity index is 1.99. The van der Waals surface area contributed by atoms with E-state index in [0.29, 0.717) is 0 Å². The zero-order valence-electron chi connectivity index (χ0n) is 14.2. The van der Waals surface area contributed by atoms with Crippen LogP contribution in [0.3, 0.4) is 0 Å².